The van der Waals surface area contributed by atoms with Crippen molar-refractivity contribution < 1.29 is 0 Å². The van der Waals surface area contributed by atoms with Crippen LogP contribution in [-0.2, 0) is 10.8 Å². The molecule has 0 heteroatoms. The minimum absolute atomic E-state index is 0.181. The van der Waals surface area contributed by atoms with E-state index in [1.807, 2.05) is 0 Å². The van der Waals surface area contributed by atoms with Crippen molar-refractivity contribution in [2.24, 2.45) is 0 Å². The standard InChI is InChI=1S/C72H46/c1-71(2)68-40-46(47-30-33-61-60-23-11-14-26-67(60)72(70(61)41-47)65-24-12-9-21-58(65)59-22-10-13-25-66(59)72)31-34-62(68)64-39-49-36-44-28-27-43(35-48(44)37-50(49)42-69(64)71)45-29-32-57-55-19-6-5-17-53(55)51-15-3-4-16-52(51)54-18-7-8-20-56(54)63(57)38-45/h3-42H,1-2H3. The lowest BCUT2D eigenvalue weighted by molar-refractivity contribution is 0.661. The van der Waals surface area contributed by atoms with E-state index in [0.29, 0.717) is 0 Å². The van der Waals surface area contributed by atoms with E-state index in [4.69, 9.17) is 0 Å². The molecule has 0 heterocycles. The van der Waals surface area contributed by atoms with Crippen LogP contribution in [0.5, 0.6) is 0 Å². The first-order valence-corrected chi connectivity index (χ1v) is 25.5. The smallest absolute Gasteiger partial charge is 0.0619 e. The quantitative estimate of drug-likeness (QED) is 0.152. The van der Waals surface area contributed by atoms with Crippen LogP contribution >= 0.6 is 0 Å². The van der Waals surface area contributed by atoms with Crippen LogP contribution in [0.25, 0.3) is 122 Å². The Hall–Kier alpha value is -8.84. The fourth-order valence-electron chi connectivity index (χ4n) is 13.9. The molecule has 0 aromatic heterocycles. The van der Waals surface area contributed by atoms with Gasteiger partial charge in [0.1, 0.15) is 0 Å². The fraction of sp³-hybridized carbons (Fsp3) is 0.0556. The van der Waals surface area contributed by atoms with Gasteiger partial charge in [-0.05, 0) is 204 Å². The van der Waals surface area contributed by atoms with Crippen LogP contribution in [0.15, 0.2) is 243 Å². The van der Waals surface area contributed by atoms with Gasteiger partial charge < -0.3 is 0 Å². The van der Waals surface area contributed by atoms with Crippen LogP contribution in [0.4, 0.5) is 0 Å². The zero-order chi connectivity index (χ0) is 47.5. The molecule has 0 saturated heterocycles. The van der Waals surface area contributed by atoms with E-state index in [2.05, 4.69) is 257 Å². The number of rotatable bonds is 2. The molecule has 0 nitrogen and oxygen atoms in total. The topological polar surface area (TPSA) is 0 Å². The number of hydrogen-bond acceptors (Lipinski definition) is 0. The number of hydrogen-bond donors (Lipinski definition) is 0. The van der Waals surface area contributed by atoms with Gasteiger partial charge in [0.05, 0.1) is 5.41 Å². The van der Waals surface area contributed by atoms with Crippen molar-refractivity contribution in [2.45, 2.75) is 24.7 Å². The van der Waals surface area contributed by atoms with Crippen molar-refractivity contribution in [1.82, 2.24) is 0 Å². The lowest BCUT2D eigenvalue weighted by Gasteiger charge is -2.30. The average Bonchev–Trinajstić information content (AvgIpc) is 3.99. The van der Waals surface area contributed by atoms with Gasteiger partial charge in [-0.1, -0.05) is 208 Å². The van der Waals surface area contributed by atoms with E-state index in [9.17, 15) is 0 Å². The highest BCUT2D eigenvalue weighted by molar-refractivity contribution is 6.06. The minimum atomic E-state index is -0.363. The molecule has 12 aromatic rings. The molecule has 0 N–H and O–H groups in total. The second-order valence-corrected chi connectivity index (χ2v) is 21.1. The molecule has 0 fully saturated rings. The Morgan fingerprint density at radius 2 is 0.528 bits per heavy atom. The highest BCUT2D eigenvalue weighted by atomic mass is 14.5. The highest BCUT2D eigenvalue weighted by Gasteiger charge is 2.51. The van der Waals surface area contributed by atoms with Gasteiger partial charge in [0.15, 0.2) is 0 Å². The average molecular weight is 911 g/mol. The third kappa shape index (κ3) is 5.26. The predicted octanol–water partition coefficient (Wildman–Crippen LogP) is 19.0. The fourth-order valence-corrected chi connectivity index (χ4v) is 13.9. The largest absolute Gasteiger partial charge is 0.0725 e. The third-order valence-corrected chi connectivity index (χ3v) is 17.2. The normalized spacial score (nSPS) is 14.2. The summed E-state index contributed by atoms with van der Waals surface area (Å²) in [5.41, 5.74) is 30.9. The molecule has 0 atom stereocenters. The molecule has 0 amide bonds. The van der Waals surface area contributed by atoms with Gasteiger partial charge in [0.25, 0.3) is 0 Å². The van der Waals surface area contributed by atoms with E-state index in [1.165, 1.54) is 155 Å². The van der Waals surface area contributed by atoms with Crippen LogP contribution in [0.1, 0.15) is 47.2 Å². The molecule has 16 rings (SSSR count). The van der Waals surface area contributed by atoms with Gasteiger partial charge in [-0.3, -0.25) is 0 Å². The molecule has 334 valence electrons. The maximum Gasteiger partial charge on any atom is 0.0725 e. The van der Waals surface area contributed by atoms with E-state index >= 15 is 0 Å². The van der Waals surface area contributed by atoms with Gasteiger partial charge in [-0.2, -0.15) is 0 Å². The number of benzene rings is 12. The summed E-state index contributed by atoms with van der Waals surface area (Å²) in [4.78, 5) is 0. The maximum atomic E-state index is 2.52. The molecule has 0 aliphatic heterocycles. The Labute approximate surface area is 420 Å². The molecule has 1 spiro atoms. The van der Waals surface area contributed by atoms with Crippen molar-refractivity contribution in [1.29, 1.82) is 0 Å². The summed E-state index contributed by atoms with van der Waals surface area (Å²) in [6.07, 6.45) is 0. The van der Waals surface area contributed by atoms with Crippen molar-refractivity contribution in [2.75, 3.05) is 0 Å². The van der Waals surface area contributed by atoms with Gasteiger partial charge in [0, 0.05) is 5.41 Å². The maximum absolute atomic E-state index is 2.52. The summed E-state index contributed by atoms with van der Waals surface area (Å²) in [7, 11) is 0. The Morgan fingerprint density at radius 1 is 0.194 bits per heavy atom. The Bertz CT molecular complexity index is 4300. The summed E-state index contributed by atoms with van der Waals surface area (Å²) >= 11 is 0. The molecule has 4 aliphatic carbocycles. The summed E-state index contributed by atoms with van der Waals surface area (Å²) in [6, 6.07) is 92.4. The first-order chi connectivity index (χ1) is 35.4. The van der Waals surface area contributed by atoms with Gasteiger partial charge in [-0.15, -0.1) is 0 Å². The Balaban J connectivity index is 0.786. The lowest BCUT2D eigenvalue weighted by atomic mass is 9.70. The molecule has 72 heavy (non-hydrogen) atoms. The van der Waals surface area contributed by atoms with E-state index in [0.717, 1.165) is 0 Å². The van der Waals surface area contributed by atoms with Crippen molar-refractivity contribution >= 4 is 21.5 Å². The SMILES string of the molecule is CC1(C)c2cc(-c3ccc4c(c3)C3(c5ccccc5-c5ccccc53)c3ccccc3-4)ccc2-c2cc3cc4ccc(-c5ccc6c(c5)-c5ccccc5-c5ccccc5-c5ccccc5-6)cc4cc3cc21. The molecule has 0 radical (unpaired) electrons. The van der Waals surface area contributed by atoms with E-state index < -0.39 is 0 Å². The molecule has 0 unspecified atom stereocenters. The first-order valence-electron chi connectivity index (χ1n) is 25.5. The highest BCUT2D eigenvalue weighted by Crippen LogP contribution is 2.63. The second-order valence-electron chi connectivity index (χ2n) is 21.1. The van der Waals surface area contributed by atoms with Crippen molar-refractivity contribution in [3.05, 3.63) is 276 Å². The summed E-state index contributed by atoms with van der Waals surface area (Å²) < 4.78 is 0. The number of fused-ring (bicyclic) bond motifs is 23. The van der Waals surface area contributed by atoms with E-state index in [-0.39, 0.29) is 10.8 Å². The third-order valence-electron chi connectivity index (χ3n) is 17.2. The molecule has 12 aromatic carbocycles. The monoisotopic (exact) mass is 910 g/mol. The summed E-state index contributed by atoms with van der Waals surface area (Å²) in [5, 5.41) is 5.07. The van der Waals surface area contributed by atoms with E-state index in [1.54, 1.807) is 0 Å². The zero-order valence-electron chi connectivity index (χ0n) is 40.1. The Kier molecular flexibility index (Phi) is 7.98. The lowest BCUT2D eigenvalue weighted by Crippen LogP contribution is -2.25. The van der Waals surface area contributed by atoms with Crippen molar-refractivity contribution in [3.8, 4) is 100 Å². The predicted molar refractivity (Wildman–Crippen MR) is 301 cm³/mol. The molecule has 4 aliphatic rings. The van der Waals surface area contributed by atoms with Gasteiger partial charge >= 0.3 is 0 Å². The van der Waals surface area contributed by atoms with Crippen LogP contribution in [0.3, 0.4) is 0 Å². The van der Waals surface area contributed by atoms with Crippen LogP contribution < -0.4 is 0 Å². The Morgan fingerprint density at radius 3 is 1.07 bits per heavy atom. The van der Waals surface area contributed by atoms with Crippen LogP contribution in [-0.4, -0.2) is 0 Å². The van der Waals surface area contributed by atoms with Crippen LogP contribution in [0, 0.1) is 0 Å². The second kappa shape index (κ2) is 14.4. The molecule has 0 bridgehead atoms. The summed E-state index contributed by atoms with van der Waals surface area (Å²) in [6.45, 7) is 4.84. The first kappa shape index (κ1) is 39.9. The minimum Gasteiger partial charge on any atom is -0.0619 e. The van der Waals surface area contributed by atoms with Crippen molar-refractivity contribution in [3.63, 3.8) is 0 Å². The zero-order valence-corrected chi connectivity index (χ0v) is 40.1. The van der Waals surface area contributed by atoms with Gasteiger partial charge in [0.2, 0.25) is 0 Å². The summed E-state index contributed by atoms with van der Waals surface area (Å²) in [5.74, 6) is 0. The molecule has 0 saturated carbocycles. The molecular weight excluding hydrogens is 865 g/mol. The van der Waals surface area contributed by atoms with Crippen LogP contribution in [0.2, 0.25) is 0 Å². The molecular formula is C72H46. The van der Waals surface area contributed by atoms with Gasteiger partial charge in [-0.25, -0.2) is 0 Å².